The first-order valence-corrected chi connectivity index (χ1v) is 18.1. The van der Waals surface area contributed by atoms with Crippen LogP contribution in [-0.4, -0.2) is 24.0 Å². The van der Waals surface area contributed by atoms with Gasteiger partial charge in [0, 0.05) is 12.0 Å². The van der Waals surface area contributed by atoms with Crippen molar-refractivity contribution in [2.45, 2.75) is 39.0 Å². The number of hydrogen-bond donors (Lipinski definition) is 1. The molecule has 5 rings (SSSR count). The molecule has 0 amide bonds. The lowest BCUT2D eigenvalue weighted by molar-refractivity contribution is 0.165. The number of aliphatic hydroxyl groups is 1. The molecule has 0 heterocycles. The molecule has 1 N–H and O–H groups in total. The third-order valence-electron chi connectivity index (χ3n) is 7.95. The van der Waals surface area contributed by atoms with Gasteiger partial charge in [0.25, 0.3) is 0 Å². The molecule has 1 aliphatic carbocycles. The van der Waals surface area contributed by atoms with Crippen molar-refractivity contribution in [1.29, 1.82) is 0 Å². The fourth-order valence-corrected chi connectivity index (χ4v) is 12.0. The van der Waals surface area contributed by atoms with Gasteiger partial charge in [-0.15, -0.1) is 0 Å². The quantitative estimate of drug-likeness (QED) is 0.158. The monoisotopic (exact) mass is 576 g/mol. The molecule has 0 bridgehead atoms. The molecule has 1 nitrogen and oxygen atoms in total. The van der Waals surface area contributed by atoms with Crippen LogP contribution in [0.4, 0.5) is 0 Å². The molecule has 0 fully saturated rings. The number of aryl methyl sites for hydroxylation is 2. The minimum absolute atomic E-state index is 0.186. The average molecular weight is 577 g/mol. The number of allylic oxidation sites excluding steroid dienone is 4. The van der Waals surface area contributed by atoms with Crippen molar-refractivity contribution in [2.75, 3.05) is 18.9 Å². The second-order valence-corrected chi connectivity index (χ2v) is 16.2. The van der Waals surface area contributed by atoms with Crippen LogP contribution < -0.4 is 10.6 Å². The van der Waals surface area contributed by atoms with Crippen molar-refractivity contribution in [3.05, 3.63) is 155 Å². The number of aliphatic hydroxyl groups excluding tert-OH is 1. The van der Waals surface area contributed by atoms with E-state index in [4.69, 9.17) is 0 Å². The van der Waals surface area contributed by atoms with E-state index < -0.39 is 15.8 Å². The number of hydrogen-bond acceptors (Lipinski definition) is 1. The summed E-state index contributed by atoms with van der Waals surface area (Å²) in [4.78, 5) is 0. The van der Waals surface area contributed by atoms with Gasteiger partial charge >= 0.3 is 0 Å². The minimum Gasteiger partial charge on any atom is -0.396 e. The van der Waals surface area contributed by atoms with E-state index in [1.54, 1.807) is 0 Å². The van der Waals surface area contributed by atoms with E-state index in [1.165, 1.54) is 38.4 Å². The van der Waals surface area contributed by atoms with Gasteiger partial charge in [-0.1, -0.05) is 152 Å². The molecule has 1 aliphatic rings. The van der Waals surface area contributed by atoms with E-state index in [2.05, 4.69) is 141 Å². The predicted octanol–water partition coefficient (Wildman–Crippen LogP) is 8.87. The van der Waals surface area contributed by atoms with E-state index in [0.717, 1.165) is 37.5 Å². The zero-order valence-electron chi connectivity index (χ0n) is 24.4. The van der Waals surface area contributed by atoms with Crippen LogP contribution in [0.3, 0.4) is 0 Å². The van der Waals surface area contributed by atoms with Crippen LogP contribution in [-0.2, 0) is 12.3 Å². The summed E-state index contributed by atoms with van der Waals surface area (Å²) in [6.07, 6.45) is 12.9. The van der Waals surface area contributed by atoms with Crippen molar-refractivity contribution >= 4 is 26.5 Å². The molecule has 1 unspecified atom stereocenters. The Balaban J connectivity index is 1.53. The first-order valence-electron chi connectivity index (χ1n) is 14.7. The summed E-state index contributed by atoms with van der Waals surface area (Å²) in [6, 6.07) is 40.1. The Hall–Kier alpha value is -2.82. The van der Waals surface area contributed by atoms with Crippen molar-refractivity contribution < 1.29 is 5.11 Å². The van der Waals surface area contributed by atoms with Crippen LogP contribution in [0.15, 0.2) is 133 Å². The summed E-state index contributed by atoms with van der Waals surface area (Å²) in [5.74, 6) is 0. The van der Waals surface area contributed by atoms with Crippen LogP contribution in [0, 0.1) is 19.3 Å². The van der Waals surface area contributed by atoms with Crippen molar-refractivity contribution in [3.8, 4) is 0 Å². The van der Waals surface area contributed by atoms with E-state index in [1.807, 2.05) is 0 Å². The van der Waals surface area contributed by atoms with Crippen LogP contribution in [0.25, 0.3) is 0 Å². The third-order valence-corrected chi connectivity index (χ3v) is 13.5. The molecule has 0 spiro atoms. The predicted molar refractivity (Wildman–Crippen MR) is 181 cm³/mol. The highest BCUT2D eigenvalue weighted by Crippen LogP contribution is 2.54. The van der Waals surface area contributed by atoms with Crippen LogP contribution >= 0.6 is 15.8 Å². The summed E-state index contributed by atoms with van der Waals surface area (Å²) in [5.41, 5.74) is 6.75. The molecule has 0 aliphatic heterocycles. The Morgan fingerprint density at radius 2 is 1.24 bits per heavy atom. The molecular weight excluding hydrogens is 534 g/mol. The van der Waals surface area contributed by atoms with Gasteiger partial charge in [0.1, 0.15) is 0 Å². The van der Waals surface area contributed by atoms with Crippen molar-refractivity contribution in [1.82, 2.24) is 0 Å². The molecule has 4 aromatic rings. The van der Waals surface area contributed by atoms with Gasteiger partial charge in [-0.05, 0) is 81.0 Å². The molecule has 1 atom stereocenters. The Morgan fingerprint density at radius 3 is 1.71 bits per heavy atom. The van der Waals surface area contributed by atoms with Gasteiger partial charge in [-0.3, -0.25) is 0 Å². The summed E-state index contributed by atoms with van der Waals surface area (Å²) in [6.45, 7) is 4.59. The molecule has 0 saturated carbocycles. The first-order chi connectivity index (χ1) is 20.0. The van der Waals surface area contributed by atoms with Crippen LogP contribution in [0.5, 0.6) is 0 Å². The summed E-state index contributed by atoms with van der Waals surface area (Å²) >= 11 is 0. The molecule has 0 radical (unpaired) electrons. The second-order valence-electron chi connectivity index (χ2n) is 11.7. The second kappa shape index (κ2) is 14.4. The SMILES string of the molecule is Cc1cccc(CP(Cc2cccc(C)c2)CC(CO)(CC2=CC=CC2)CP(c2ccccc2)c2ccccc2)c1. The summed E-state index contributed by atoms with van der Waals surface area (Å²) < 4.78 is 0. The fourth-order valence-electron chi connectivity index (χ4n) is 6.08. The van der Waals surface area contributed by atoms with E-state index in [-0.39, 0.29) is 12.0 Å². The molecule has 0 aromatic heterocycles. The maximum atomic E-state index is 11.4. The summed E-state index contributed by atoms with van der Waals surface area (Å²) in [7, 11) is -1.04. The van der Waals surface area contributed by atoms with Gasteiger partial charge < -0.3 is 5.11 Å². The highest BCUT2D eigenvalue weighted by Gasteiger charge is 2.37. The molecule has 210 valence electrons. The molecule has 4 aromatic carbocycles. The van der Waals surface area contributed by atoms with Crippen molar-refractivity contribution in [2.24, 2.45) is 5.41 Å². The Labute approximate surface area is 249 Å². The third kappa shape index (κ3) is 8.36. The van der Waals surface area contributed by atoms with Crippen molar-refractivity contribution in [3.63, 3.8) is 0 Å². The van der Waals surface area contributed by atoms with Crippen LogP contribution in [0.1, 0.15) is 35.1 Å². The van der Waals surface area contributed by atoms with E-state index >= 15 is 0 Å². The number of benzene rings is 4. The largest absolute Gasteiger partial charge is 0.396 e. The standard InChI is InChI=1S/C38H42OP2/c1-31-13-11-17-34(23-31)26-40(27-35-18-12-14-32(2)24-35)29-38(28-39,25-33-15-9-10-16-33)30-41(36-19-5-3-6-20-36)37-21-7-4-8-22-37/h3-15,17-24,39H,16,25-30H2,1-2H3. The summed E-state index contributed by atoms with van der Waals surface area (Å²) in [5, 5.41) is 14.2. The van der Waals surface area contributed by atoms with Gasteiger partial charge in [-0.25, -0.2) is 0 Å². The lowest BCUT2D eigenvalue weighted by atomic mass is 9.85. The number of rotatable bonds is 13. The molecule has 0 saturated heterocycles. The molecule has 41 heavy (non-hydrogen) atoms. The Kier molecular flexibility index (Phi) is 10.4. The Morgan fingerprint density at radius 1 is 0.683 bits per heavy atom. The highest BCUT2D eigenvalue weighted by atomic mass is 31.1. The zero-order valence-corrected chi connectivity index (χ0v) is 26.2. The first kappa shape index (κ1) is 29.7. The lowest BCUT2D eigenvalue weighted by Crippen LogP contribution is -2.36. The smallest absolute Gasteiger partial charge is 0.0497 e. The lowest BCUT2D eigenvalue weighted by Gasteiger charge is -2.39. The zero-order chi connectivity index (χ0) is 28.5. The minimum atomic E-state index is -0.622. The van der Waals surface area contributed by atoms with E-state index in [0.29, 0.717) is 0 Å². The fraction of sp³-hybridized carbons (Fsp3) is 0.263. The topological polar surface area (TPSA) is 20.2 Å². The van der Waals surface area contributed by atoms with Crippen LogP contribution in [0.2, 0.25) is 0 Å². The molecule has 3 heteroatoms. The highest BCUT2D eigenvalue weighted by molar-refractivity contribution is 7.73. The molecular formula is C38H42OP2. The Bertz CT molecular complexity index is 1370. The van der Waals surface area contributed by atoms with Gasteiger partial charge in [-0.2, -0.15) is 0 Å². The van der Waals surface area contributed by atoms with Gasteiger partial charge in [0.15, 0.2) is 0 Å². The van der Waals surface area contributed by atoms with Gasteiger partial charge in [0.2, 0.25) is 0 Å². The maximum Gasteiger partial charge on any atom is 0.0497 e. The normalized spacial score (nSPS) is 14.4. The maximum absolute atomic E-state index is 11.4. The average Bonchev–Trinajstić information content (AvgIpc) is 3.49. The van der Waals surface area contributed by atoms with Gasteiger partial charge in [0.05, 0.1) is 0 Å². The van der Waals surface area contributed by atoms with E-state index in [9.17, 15) is 5.11 Å².